The molecule has 0 saturated carbocycles. The first-order chi connectivity index (χ1) is 6.12. The van der Waals surface area contributed by atoms with E-state index in [1.807, 2.05) is 0 Å². The molecule has 17 heavy (non-hydrogen) atoms. The van der Waals surface area contributed by atoms with Crippen LogP contribution >= 0.6 is 15.4 Å². The Bertz CT molecular complexity index is 304. The zero-order valence-electron chi connectivity index (χ0n) is 10.4. The van der Waals surface area contributed by atoms with Crippen molar-refractivity contribution in [3.8, 4) is 0 Å². The zero-order valence-corrected chi connectivity index (χ0v) is 12.2. The van der Waals surface area contributed by atoms with E-state index in [4.69, 9.17) is 0 Å². The van der Waals surface area contributed by atoms with Gasteiger partial charge in [0.1, 0.15) is 6.35 Å². The predicted octanol–water partition coefficient (Wildman–Crippen LogP) is 0.0639. The molecule has 12 N–H and O–H groups in total. The quantitative estimate of drug-likeness (QED) is 0.449. The molecule has 0 radical (unpaired) electrons. The third-order valence-corrected chi connectivity index (χ3v) is 3.12. The van der Waals surface area contributed by atoms with Crippen molar-refractivity contribution in [1.29, 1.82) is 0 Å². The number of hydrogen-bond donors (Lipinski definition) is 3. The van der Waals surface area contributed by atoms with Gasteiger partial charge in [-0.15, -0.1) is 0 Å². The maximum atomic E-state index is 10.7. The van der Waals surface area contributed by atoms with E-state index in [9.17, 15) is 23.8 Å². The fourth-order valence-electron chi connectivity index (χ4n) is 0.508. The standard InChI is InChI=1S/C5H12O7P2.3H3N/c1-5(2)3-11-4-13(6,7)12-14(8,9)10;;;/h1,3-4H2,2H3,(H,6,7)(H2,8,9,10);3*1H3. The van der Waals surface area contributed by atoms with Crippen molar-refractivity contribution in [3.05, 3.63) is 12.2 Å². The summed E-state index contributed by atoms with van der Waals surface area (Å²) in [6.07, 6.45) is -0.978. The SMILES string of the molecule is C=C(C)COCP(=O)([O-])OP(=O)([O-])[O-].[NH4+].[NH4+].[NH4+]. The van der Waals surface area contributed by atoms with Crippen LogP contribution in [0.25, 0.3) is 0 Å². The van der Waals surface area contributed by atoms with Gasteiger partial charge >= 0.3 is 0 Å². The lowest BCUT2D eigenvalue weighted by Crippen LogP contribution is -2.20. The Morgan fingerprint density at radius 3 is 1.88 bits per heavy atom. The Morgan fingerprint density at radius 1 is 1.18 bits per heavy atom. The van der Waals surface area contributed by atoms with Gasteiger partial charge in [0.05, 0.1) is 14.4 Å². The topological polar surface area (TPSA) is 231 Å². The average molecular weight is 297 g/mol. The predicted molar refractivity (Wildman–Crippen MR) is 59.9 cm³/mol. The summed E-state index contributed by atoms with van der Waals surface area (Å²) in [5.74, 6) is 0. The van der Waals surface area contributed by atoms with Crippen molar-refractivity contribution >= 4 is 15.4 Å². The lowest BCUT2D eigenvalue weighted by Gasteiger charge is -2.35. The fourth-order valence-corrected chi connectivity index (χ4v) is 2.23. The van der Waals surface area contributed by atoms with Crippen molar-refractivity contribution in [2.75, 3.05) is 13.0 Å². The van der Waals surface area contributed by atoms with E-state index in [2.05, 4.69) is 15.6 Å². The van der Waals surface area contributed by atoms with Crippen molar-refractivity contribution < 1.29 is 32.9 Å². The molecule has 0 heterocycles. The number of quaternary nitrogens is 3. The molecule has 108 valence electrons. The van der Waals surface area contributed by atoms with Crippen molar-refractivity contribution in [2.45, 2.75) is 6.92 Å². The lowest BCUT2D eigenvalue weighted by molar-refractivity contribution is -0.337. The monoisotopic (exact) mass is 297 g/mol. The van der Waals surface area contributed by atoms with Gasteiger partial charge in [0, 0.05) is 0 Å². The minimum Gasteiger partial charge on any atom is -0.790 e. The summed E-state index contributed by atoms with van der Waals surface area (Å²) in [5, 5.41) is 0. The summed E-state index contributed by atoms with van der Waals surface area (Å²) in [4.78, 5) is 30.6. The van der Waals surface area contributed by atoms with Crippen LogP contribution in [-0.2, 0) is 18.2 Å². The second-order valence-electron chi connectivity index (χ2n) is 2.57. The minimum atomic E-state index is -5.53. The first-order valence-electron chi connectivity index (χ1n) is 3.38. The third-order valence-electron chi connectivity index (χ3n) is 0.822. The van der Waals surface area contributed by atoms with Crippen LogP contribution in [0.5, 0.6) is 0 Å². The normalized spacial score (nSPS) is 13.4. The molecule has 0 spiro atoms. The van der Waals surface area contributed by atoms with Gasteiger partial charge in [0.15, 0.2) is 7.60 Å². The number of hydrogen-bond acceptors (Lipinski definition) is 7. The average Bonchev–Trinajstić information content (AvgIpc) is 1.78. The summed E-state index contributed by atoms with van der Waals surface area (Å²) >= 11 is 0. The molecule has 1 atom stereocenters. The molecular formula is C5H21N3O7P2. The van der Waals surface area contributed by atoms with Gasteiger partial charge in [-0.3, -0.25) is 0 Å². The van der Waals surface area contributed by atoms with E-state index in [0.717, 1.165) is 0 Å². The highest BCUT2D eigenvalue weighted by Crippen LogP contribution is 2.49. The Balaban J connectivity index is -0.000000282. The Hall–Kier alpha value is -0.120. The van der Waals surface area contributed by atoms with Crippen LogP contribution in [0.15, 0.2) is 12.2 Å². The molecule has 0 amide bonds. The molecule has 0 aliphatic rings. The van der Waals surface area contributed by atoms with Crippen LogP contribution in [0.4, 0.5) is 0 Å². The van der Waals surface area contributed by atoms with Gasteiger partial charge in [0.2, 0.25) is 0 Å². The van der Waals surface area contributed by atoms with Crippen LogP contribution in [-0.4, -0.2) is 13.0 Å². The minimum absolute atomic E-state index is 0. The molecule has 10 nitrogen and oxygen atoms in total. The summed E-state index contributed by atoms with van der Waals surface area (Å²) in [6.45, 7) is 4.94. The van der Waals surface area contributed by atoms with Gasteiger partial charge in [-0.05, 0) is 6.92 Å². The summed E-state index contributed by atoms with van der Waals surface area (Å²) in [6, 6.07) is 0. The van der Waals surface area contributed by atoms with Crippen LogP contribution < -0.4 is 33.1 Å². The summed E-state index contributed by atoms with van der Waals surface area (Å²) in [7, 11) is -10.3. The Labute approximate surface area is 99.5 Å². The largest absolute Gasteiger partial charge is 0.790 e. The second kappa shape index (κ2) is 9.86. The first kappa shape index (κ1) is 25.7. The summed E-state index contributed by atoms with van der Waals surface area (Å²) in [5.41, 5.74) is 0.553. The van der Waals surface area contributed by atoms with Gasteiger partial charge in [-0.25, -0.2) is 0 Å². The molecule has 0 aliphatic heterocycles. The molecule has 12 heteroatoms. The van der Waals surface area contributed by atoms with Crippen molar-refractivity contribution in [1.82, 2.24) is 18.5 Å². The summed E-state index contributed by atoms with van der Waals surface area (Å²) < 4.78 is 28.5. The van der Waals surface area contributed by atoms with Crippen molar-refractivity contribution in [2.24, 2.45) is 0 Å². The molecule has 0 aliphatic carbocycles. The second-order valence-corrected chi connectivity index (χ2v) is 5.60. The molecule has 0 bridgehead atoms. The van der Waals surface area contributed by atoms with E-state index in [0.29, 0.717) is 5.57 Å². The Morgan fingerprint density at radius 2 is 1.59 bits per heavy atom. The first-order valence-corrected chi connectivity index (χ1v) is 6.57. The van der Waals surface area contributed by atoms with Crippen LogP contribution in [0.2, 0.25) is 0 Å². The molecule has 0 saturated heterocycles. The number of phosphoric acid groups is 1. The lowest BCUT2D eigenvalue weighted by atomic mass is 10.4. The molecular weight excluding hydrogens is 276 g/mol. The Kier molecular flexibility index (Phi) is 14.9. The van der Waals surface area contributed by atoms with E-state index < -0.39 is 21.8 Å². The van der Waals surface area contributed by atoms with Crippen LogP contribution in [0, 0.1) is 0 Å². The van der Waals surface area contributed by atoms with Gasteiger partial charge in [-0.1, -0.05) is 12.2 Å². The number of ether oxygens (including phenoxy) is 1. The molecule has 0 rings (SSSR count). The maximum Gasteiger partial charge on any atom is 0.164 e. The number of rotatable bonds is 6. The molecule has 0 aromatic rings. The smallest absolute Gasteiger partial charge is 0.164 e. The molecule has 0 aromatic heterocycles. The van der Waals surface area contributed by atoms with Crippen LogP contribution in [0.1, 0.15) is 6.92 Å². The molecule has 0 aromatic carbocycles. The van der Waals surface area contributed by atoms with Gasteiger partial charge in [0.25, 0.3) is 0 Å². The van der Waals surface area contributed by atoms with Gasteiger partial charge < -0.3 is 51.3 Å². The highest BCUT2D eigenvalue weighted by molar-refractivity contribution is 7.61. The third kappa shape index (κ3) is 18.4. The van der Waals surface area contributed by atoms with Crippen molar-refractivity contribution in [3.63, 3.8) is 0 Å². The highest BCUT2D eigenvalue weighted by Gasteiger charge is 2.10. The maximum absolute atomic E-state index is 10.7. The zero-order chi connectivity index (χ0) is 11.4. The molecule has 0 fully saturated rings. The van der Waals surface area contributed by atoms with E-state index in [1.54, 1.807) is 6.92 Å². The fraction of sp³-hybridized carbons (Fsp3) is 0.600. The van der Waals surface area contributed by atoms with E-state index in [1.165, 1.54) is 0 Å². The van der Waals surface area contributed by atoms with E-state index in [-0.39, 0.29) is 25.1 Å². The highest BCUT2D eigenvalue weighted by atomic mass is 31.3. The van der Waals surface area contributed by atoms with E-state index >= 15 is 0 Å². The molecule has 1 unspecified atom stereocenters. The van der Waals surface area contributed by atoms with Crippen LogP contribution in [0.3, 0.4) is 0 Å². The van der Waals surface area contributed by atoms with Gasteiger partial charge in [-0.2, -0.15) is 0 Å².